The van der Waals surface area contributed by atoms with Gasteiger partial charge in [0.15, 0.2) is 12.6 Å². The molecule has 0 saturated carbocycles. The number of ether oxygens (including phenoxy) is 4. The molecule has 6 rings (SSSR count). The van der Waals surface area contributed by atoms with Gasteiger partial charge in [0, 0.05) is 50.8 Å². The Morgan fingerprint density at radius 1 is 1.04 bits per heavy atom. The highest BCUT2D eigenvalue weighted by atomic mass is 35.5. The number of carbonyl (C=O) groups is 1. The lowest BCUT2D eigenvalue weighted by molar-refractivity contribution is 0.0122. The van der Waals surface area contributed by atoms with E-state index in [0.717, 1.165) is 43.2 Å². The Balaban J connectivity index is 1.41. The Morgan fingerprint density at radius 2 is 1.75 bits per heavy atom. The zero-order valence-corrected chi connectivity index (χ0v) is 31.1. The van der Waals surface area contributed by atoms with Gasteiger partial charge < -0.3 is 23.8 Å². The van der Waals surface area contributed by atoms with Crippen molar-refractivity contribution in [1.82, 2.24) is 19.8 Å². The Hall–Kier alpha value is -4.45. The maximum absolute atomic E-state index is 17.2. The second-order valence-electron chi connectivity index (χ2n) is 14.2. The summed E-state index contributed by atoms with van der Waals surface area (Å²) in [6.45, 7) is 16.8. The molecule has 4 aromatic rings. The summed E-state index contributed by atoms with van der Waals surface area (Å²) >= 11 is 7.03. The van der Waals surface area contributed by atoms with Crippen molar-refractivity contribution >= 4 is 45.2 Å². The third kappa shape index (κ3) is 8.11. The van der Waals surface area contributed by atoms with Crippen molar-refractivity contribution in [3.63, 3.8) is 0 Å². The van der Waals surface area contributed by atoms with Crippen LogP contribution in [0.5, 0.6) is 11.8 Å². The molecule has 1 aromatic heterocycles. The summed E-state index contributed by atoms with van der Waals surface area (Å²) in [4.78, 5) is 28.9. The molecule has 12 heteroatoms. The molecule has 2 bridgehead atoms. The molecule has 0 aliphatic carbocycles. The van der Waals surface area contributed by atoms with Gasteiger partial charge in [-0.3, -0.25) is 9.80 Å². The number of halogens is 2. The highest BCUT2D eigenvalue weighted by Gasteiger charge is 2.45. The van der Waals surface area contributed by atoms with Gasteiger partial charge >= 0.3 is 12.1 Å². The van der Waals surface area contributed by atoms with Crippen LogP contribution in [0.15, 0.2) is 67.8 Å². The van der Waals surface area contributed by atoms with E-state index in [-0.39, 0.29) is 47.1 Å². The van der Waals surface area contributed by atoms with E-state index in [0.29, 0.717) is 48.6 Å². The topological polar surface area (TPSA) is 89.5 Å². The lowest BCUT2D eigenvalue weighted by Gasteiger charge is -2.42. The first-order chi connectivity index (χ1) is 25.0. The van der Waals surface area contributed by atoms with Crippen molar-refractivity contribution in [2.24, 2.45) is 0 Å². The highest BCUT2D eigenvalue weighted by Crippen LogP contribution is 2.43. The standard InChI is InChI=1S/C40H47ClFN5O5/c1-7-16-45(17-8-2)18-11-19-50-38-43-36-32(37(44-38)46-23-27-14-15-28(24-46)47(27)39(48)52-40(3,4)5)22-33(41)34(35(36)42)31-21-29(51-25-49-6)20-26-12-9-10-13-30(26)31/h7-10,12-13,20-22,27-28H,1-2,11,14-19,23-25H2,3-6H3. The van der Waals surface area contributed by atoms with Crippen LogP contribution < -0.4 is 14.4 Å². The van der Waals surface area contributed by atoms with E-state index < -0.39 is 11.4 Å². The van der Waals surface area contributed by atoms with Gasteiger partial charge in [-0.15, -0.1) is 13.2 Å². The Labute approximate surface area is 309 Å². The molecule has 2 saturated heterocycles. The maximum atomic E-state index is 17.2. The smallest absolute Gasteiger partial charge is 0.410 e. The summed E-state index contributed by atoms with van der Waals surface area (Å²) in [5, 5.41) is 2.33. The van der Waals surface area contributed by atoms with E-state index in [1.807, 2.05) is 68.2 Å². The minimum atomic E-state index is -0.607. The zero-order chi connectivity index (χ0) is 37.0. The van der Waals surface area contributed by atoms with E-state index in [4.69, 9.17) is 35.5 Å². The summed E-state index contributed by atoms with van der Waals surface area (Å²) in [6, 6.07) is 12.9. The molecule has 52 heavy (non-hydrogen) atoms. The third-order valence-corrected chi connectivity index (χ3v) is 9.60. The van der Waals surface area contributed by atoms with Crippen LogP contribution in [0.3, 0.4) is 0 Å². The maximum Gasteiger partial charge on any atom is 0.410 e. The monoisotopic (exact) mass is 731 g/mol. The van der Waals surface area contributed by atoms with Gasteiger partial charge in [-0.1, -0.05) is 48.0 Å². The minimum Gasteiger partial charge on any atom is -0.468 e. The normalized spacial score (nSPS) is 17.2. The zero-order valence-electron chi connectivity index (χ0n) is 30.4. The molecule has 0 N–H and O–H groups in total. The average molecular weight is 732 g/mol. The molecule has 3 aromatic carbocycles. The molecule has 2 aliphatic rings. The van der Waals surface area contributed by atoms with Crippen LogP contribution in [0, 0.1) is 5.82 Å². The molecular weight excluding hydrogens is 685 g/mol. The highest BCUT2D eigenvalue weighted by molar-refractivity contribution is 6.35. The van der Waals surface area contributed by atoms with Crippen molar-refractivity contribution in [3.05, 3.63) is 78.6 Å². The number of rotatable bonds is 14. The van der Waals surface area contributed by atoms with Gasteiger partial charge in [-0.2, -0.15) is 9.97 Å². The number of hydrogen-bond acceptors (Lipinski definition) is 9. The van der Waals surface area contributed by atoms with Crippen molar-refractivity contribution in [2.75, 3.05) is 58.1 Å². The molecule has 0 spiro atoms. The molecule has 3 heterocycles. The van der Waals surface area contributed by atoms with Crippen molar-refractivity contribution in [1.29, 1.82) is 0 Å². The number of anilines is 1. The fraction of sp³-hybridized carbons (Fsp3) is 0.425. The number of piperazine rings is 1. The molecule has 10 nitrogen and oxygen atoms in total. The largest absolute Gasteiger partial charge is 0.468 e. The Bertz CT molecular complexity index is 1930. The van der Waals surface area contributed by atoms with E-state index >= 15 is 4.39 Å². The average Bonchev–Trinajstić information content (AvgIpc) is 3.38. The molecular formula is C40H47ClFN5O5. The van der Waals surface area contributed by atoms with E-state index in [2.05, 4.69) is 27.9 Å². The van der Waals surface area contributed by atoms with E-state index in [1.165, 1.54) is 0 Å². The van der Waals surface area contributed by atoms with Crippen LogP contribution in [0.2, 0.25) is 5.02 Å². The molecule has 2 fully saturated rings. The first-order valence-electron chi connectivity index (χ1n) is 17.7. The van der Waals surface area contributed by atoms with E-state index in [1.54, 1.807) is 19.2 Å². The summed E-state index contributed by atoms with van der Waals surface area (Å²) < 4.78 is 40.1. The first kappa shape index (κ1) is 37.3. The minimum absolute atomic E-state index is 0.0329. The van der Waals surface area contributed by atoms with Crippen LogP contribution in [0.1, 0.15) is 40.0 Å². The Morgan fingerprint density at radius 3 is 2.42 bits per heavy atom. The van der Waals surface area contributed by atoms with Gasteiger partial charge in [0.25, 0.3) is 0 Å². The molecule has 276 valence electrons. The summed E-state index contributed by atoms with van der Waals surface area (Å²) in [5.74, 6) is 0.428. The lowest BCUT2D eigenvalue weighted by Crippen LogP contribution is -2.57. The van der Waals surface area contributed by atoms with Crippen LogP contribution >= 0.6 is 11.6 Å². The molecule has 2 unspecified atom stereocenters. The first-order valence-corrected chi connectivity index (χ1v) is 18.1. The van der Waals surface area contributed by atoms with Crippen LogP contribution in [0.25, 0.3) is 32.8 Å². The lowest BCUT2D eigenvalue weighted by atomic mass is 9.96. The van der Waals surface area contributed by atoms with Crippen LogP contribution in [-0.4, -0.2) is 96.8 Å². The fourth-order valence-corrected chi connectivity index (χ4v) is 7.47. The Kier molecular flexibility index (Phi) is 11.5. The molecule has 1 amide bonds. The number of hydrogen-bond donors (Lipinski definition) is 0. The van der Waals surface area contributed by atoms with Gasteiger partial charge in [0.05, 0.1) is 23.7 Å². The summed E-state index contributed by atoms with van der Waals surface area (Å²) in [5.41, 5.74) is 0.241. The SMILES string of the molecule is C=CCN(CC=C)CCCOc1nc(N2CC3CCC(C2)N3C(=O)OC(C)(C)C)c2cc(Cl)c(-c3cc(OCOC)cc4ccccc34)c(F)c2n1. The molecule has 2 atom stereocenters. The predicted octanol–water partition coefficient (Wildman–Crippen LogP) is 8.26. The predicted molar refractivity (Wildman–Crippen MR) is 204 cm³/mol. The number of amides is 1. The fourth-order valence-electron chi connectivity index (χ4n) is 7.18. The number of nitrogens with zero attached hydrogens (tertiary/aromatic N) is 5. The number of fused-ring (bicyclic) bond motifs is 4. The number of methoxy groups -OCH3 is 1. The second-order valence-corrected chi connectivity index (χ2v) is 14.6. The molecule has 2 aliphatic heterocycles. The van der Waals surface area contributed by atoms with Crippen molar-refractivity contribution < 1.29 is 28.1 Å². The second kappa shape index (κ2) is 16.1. The van der Waals surface area contributed by atoms with Gasteiger partial charge in [0.2, 0.25) is 0 Å². The van der Waals surface area contributed by atoms with Gasteiger partial charge in [0.1, 0.15) is 22.7 Å². The summed E-state index contributed by atoms with van der Waals surface area (Å²) in [7, 11) is 1.54. The van der Waals surface area contributed by atoms with Crippen LogP contribution in [-0.2, 0) is 9.47 Å². The third-order valence-electron chi connectivity index (χ3n) is 9.30. The number of carbonyl (C=O) groups excluding carboxylic acids is 1. The van der Waals surface area contributed by atoms with E-state index in [9.17, 15) is 4.79 Å². The number of benzene rings is 3. The number of aromatic nitrogens is 2. The van der Waals surface area contributed by atoms with Crippen molar-refractivity contribution in [3.8, 4) is 22.9 Å². The summed E-state index contributed by atoms with van der Waals surface area (Å²) in [6.07, 6.45) is 5.73. The molecule has 0 radical (unpaired) electrons. The van der Waals surface area contributed by atoms with Gasteiger partial charge in [-0.25, -0.2) is 9.18 Å². The van der Waals surface area contributed by atoms with Crippen LogP contribution in [0.4, 0.5) is 15.0 Å². The van der Waals surface area contributed by atoms with Crippen molar-refractivity contribution in [2.45, 2.75) is 57.7 Å². The van der Waals surface area contributed by atoms with Gasteiger partial charge in [-0.05, 0) is 74.6 Å². The quantitative estimate of drug-likeness (QED) is 0.0723.